The number of alkyl halides is 2. The third-order valence-corrected chi connectivity index (χ3v) is 3.72. The maximum absolute atomic E-state index is 13.0. The van der Waals surface area contributed by atoms with Gasteiger partial charge in [-0.15, -0.1) is 12.4 Å². The highest BCUT2D eigenvalue weighted by atomic mass is 35.5. The van der Waals surface area contributed by atoms with Gasteiger partial charge in [-0.1, -0.05) is 12.1 Å². The van der Waals surface area contributed by atoms with Gasteiger partial charge < -0.3 is 4.74 Å². The maximum Gasteiger partial charge on any atom is 0.261 e. The summed E-state index contributed by atoms with van der Waals surface area (Å²) in [4.78, 5) is 1.85. The Kier molecular flexibility index (Phi) is 4.31. The molecule has 0 spiro atoms. The van der Waals surface area contributed by atoms with Gasteiger partial charge >= 0.3 is 0 Å². The minimum atomic E-state index is -2.48. The average molecular weight is 290 g/mol. The number of rotatable bonds is 3. The van der Waals surface area contributed by atoms with Gasteiger partial charge in [0.1, 0.15) is 5.75 Å². The Morgan fingerprint density at radius 1 is 1.32 bits per heavy atom. The van der Waals surface area contributed by atoms with Crippen molar-refractivity contribution in [3.05, 3.63) is 29.3 Å². The van der Waals surface area contributed by atoms with E-state index in [1.807, 2.05) is 17.0 Å². The number of ether oxygens (including phenoxy) is 1. The summed E-state index contributed by atoms with van der Waals surface area (Å²) in [6.45, 7) is 1.91. The van der Waals surface area contributed by atoms with E-state index >= 15 is 0 Å². The lowest BCUT2D eigenvalue weighted by Crippen LogP contribution is -2.27. The monoisotopic (exact) mass is 289 g/mol. The molecule has 1 fully saturated rings. The highest BCUT2D eigenvalue weighted by molar-refractivity contribution is 5.85. The summed E-state index contributed by atoms with van der Waals surface area (Å²) < 4.78 is 31.5. The number of likely N-dealkylation sites (tertiary alicyclic amines) is 1. The molecule has 0 atom stereocenters. The SMILES string of the molecule is Cl.FC1(F)CCN(CCc2ccc3c(c2)CCO3)C1. The van der Waals surface area contributed by atoms with Crippen LogP contribution in [0, 0.1) is 0 Å². The van der Waals surface area contributed by atoms with Crippen LogP contribution in [0.4, 0.5) is 8.78 Å². The van der Waals surface area contributed by atoms with Crippen molar-refractivity contribution in [1.29, 1.82) is 0 Å². The zero-order valence-corrected chi connectivity index (χ0v) is 11.5. The van der Waals surface area contributed by atoms with Crippen molar-refractivity contribution >= 4 is 12.4 Å². The minimum Gasteiger partial charge on any atom is -0.493 e. The van der Waals surface area contributed by atoms with Gasteiger partial charge in [-0.05, 0) is 23.6 Å². The predicted molar refractivity (Wildman–Crippen MR) is 72.6 cm³/mol. The van der Waals surface area contributed by atoms with E-state index < -0.39 is 5.92 Å². The van der Waals surface area contributed by atoms with Gasteiger partial charge in [0.2, 0.25) is 0 Å². The fourth-order valence-corrected chi connectivity index (χ4v) is 2.68. The minimum absolute atomic E-state index is 0. The van der Waals surface area contributed by atoms with Crippen LogP contribution in [0.1, 0.15) is 17.5 Å². The highest BCUT2D eigenvalue weighted by Gasteiger charge is 2.37. The average Bonchev–Trinajstić information content (AvgIpc) is 2.92. The molecular formula is C14H18ClF2NO. The summed E-state index contributed by atoms with van der Waals surface area (Å²) >= 11 is 0. The van der Waals surface area contributed by atoms with Crippen molar-refractivity contribution in [3.63, 3.8) is 0 Å². The zero-order valence-electron chi connectivity index (χ0n) is 10.7. The van der Waals surface area contributed by atoms with E-state index in [0.717, 1.165) is 31.7 Å². The van der Waals surface area contributed by atoms with E-state index in [1.54, 1.807) is 0 Å². The lowest BCUT2D eigenvalue weighted by molar-refractivity contribution is 0.0123. The first kappa shape index (κ1) is 14.5. The van der Waals surface area contributed by atoms with Gasteiger partial charge in [-0.25, -0.2) is 8.78 Å². The van der Waals surface area contributed by atoms with Crippen LogP contribution in [0.15, 0.2) is 18.2 Å². The van der Waals surface area contributed by atoms with Crippen LogP contribution < -0.4 is 4.74 Å². The fourth-order valence-electron chi connectivity index (χ4n) is 2.68. The Balaban J connectivity index is 0.00000133. The number of benzene rings is 1. The third-order valence-electron chi connectivity index (χ3n) is 3.72. The smallest absolute Gasteiger partial charge is 0.261 e. The Morgan fingerprint density at radius 2 is 2.16 bits per heavy atom. The van der Waals surface area contributed by atoms with E-state index in [-0.39, 0.29) is 25.4 Å². The van der Waals surface area contributed by atoms with E-state index in [1.165, 1.54) is 11.1 Å². The number of hydrogen-bond donors (Lipinski definition) is 0. The molecule has 19 heavy (non-hydrogen) atoms. The first-order valence-electron chi connectivity index (χ1n) is 6.47. The molecule has 1 aromatic rings. The summed E-state index contributed by atoms with van der Waals surface area (Å²) in [5.74, 6) is -1.50. The van der Waals surface area contributed by atoms with Crippen LogP contribution in [-0.2, 0) is 12.8 Å². The van der Waals surface area contributed by atoms with Crippen molar-refractivity contribution in [2.24, 2.45) is 0 Å². The normalized spacial score (nSPS) is 20.7. The number of nitrogens with zero attached hydrogens (tertiary/aromatic N) is 1. The summed E-state index contributed by atoms with van der Waals surface area (Å²) in [7, 11) is 0. The molecule has 0 radical (unpaired) electrons. The molecule has 0 amide bonds. The Bertz CT molecular complexity index is 453. The molecule has 3 rings (SSSR count). The standard InChI is InChI=1S/C14H17F2NO.ClH/c15-14(16)5-7-17(10-14)6-3-11-1-2-13-12(9-11)4-8-18-13;/h1-2,9H,3-8,10H2;1H. The van der Waals surface area contributed by atoms with Crippen molar-refractivity contribution in [1.82, 2.24) is 4.90 Å². The Hall–Kier alpha value is -0.870. The molecule has 2 heterocycles. The first-order chi connectivity index (χ1) is 8.62. The van der Waals surface area contributed by atoms with Crippen molar-refractivity contribution in [2.45, 2.75) is 25.2 Å². The molecule has 106 valence electrons. The van der Waals surface area contributed by atoms with Gasteiger partial charge in [-0.3, -0.25) is 4.90 Å². The summed E-state index contributed by atoms with van der Waals surface area (Å²) in [5.41, 5.74) is 2.47. The second kappa shape index (κ2) is 5.63. The molecule has 0 unspecified atom stereocenters. The predicted octanol–water partition coefficient (Wildman–Crippen LogP) is 2.93. The summed E-state index contributed by atoms with van der Waals surface area (Å²) in [6.07, 6.45) is 1.80. The van der Waals surface area contributed by atoms with Crippen LogP contribution in [0.2, 0.25) is 0 Å². The van der Waals surface area contributed by atoms with E-state index in [2.05, 4.69) is 6.07 Å². The quantitative estimate of drug-likeness (QED) is 0.848. The largest absolute Gasteiger partial charge is 0.493 e. The maximum atomic E-state index is 13.0. The lowest BCUT2D eigenvalue weighted by Gasteiger charge is -2.15. The summed E-state index contributed by atoms with van der Waals surface area (Å²) in [5, 5.41) is 0. The van der Waals surface area contributed by atoms with Crippen LogP contribution in [-0.4, -0.2) is 37.1 Å². The van der Waals surface area contributed by atoms with E-state index in [4.69, 9.17) is 4.74 Å². The second-order valence-corrected chi connectivity index (χ2v) is 5.17. The molecule has 2 nitrogen and oxygen atoms in total. The number of halogens is 3. The van der Waals surface area contributed by atoms with Gasteiger partial charge in [0, 0.05) is 25.9 Å². The molecule has 0 saturated carbocycles. The van der Waals surface area contributed by atoms with E-state index in [0.29, 0.717) is 6.54 Å². The molecular weight excluding hydrogens is 272 g/mol. The zero-order chi connectivity index (χ0) is 12.6. The van der Waals surface area contributed by atoms with Crippen LogP contribution in [0.5, 0.6) is 5.75 Å². The van der Waals surface area contributed by atoms with Gasteiger partial charge in [0.15, 0.2) is 0 Å². The first-order valence-corrected chi connectivity index (χ1v) is 6.47. The molecule has 0 aromatic heterocycles. The van der Waals surface area contributed by atoms with Gasteiger partial charge in [0.25, 0.3) is 5.92 Å². The molecule has 1 saturated heterocycles. The van der Waals surface area contributed by atoms with Crippen LogP contribution in [0.25, 0.3) is 0 Å². The molecule has 1 aromatic carbocycles. The van der Waals surface area contributed by atoms with Gasteiger partial charge in [0.05, 0.1) is 13.2 Å². The topological polar surface area (TPSA) is 12.5 Å². The molecule has 2 aliphatic rings. The fraction of sp³-hybridized carbons (Fsp3) is 0.571. The van der Waals surface area contributed by atoms with Crippen molar-refractivity contribution in [3.8, 4) is 5.75 Å². The number of fused-ring (bicyclic) bond motifs is 1. The lowest BCUT2D eigenvalue weighted by atomic mass is 10.1. The van der Waals surface area contributed by atoms with E-state index in [9.17, 15) is 8.78 Å². The van der Waals surface area contributed by atoms with Crippen LogP contribution in [0.3, 0.4) is 0 Å². The van der Waals surface area contributed by atoms with Crippen molar-refractivity contribution < 1.29 is 13.5 Å². The third kappa shape index (κ3) is 3.37. The number of hydrogen-bond acceptors (Lipinski definition) is 2. The van der Waals surface area contributed by atoms with Crippen LogP contribution >= 0.6 is 12.4 Å². The molecule has 0 bridgehead atoms. The molecule has 5 heteroatoms. The second-order valence-electron chi connectivity index (χ2n) is 5.17. The van der Waals surface area contributed by atoms with Gasteiger partial charge in [-0.2, -0.15) is 0 Å². The molecule has 2 aliphatic heterocycles. The Morgan fingerprint density at radius 3 is 2.89 bits per heavy atom. The summed E-state index contributed by atoms with van der Waals surface area (Å²) in [6, 6.07) is 6.19. The Labute approximate surface area is 118 Å². The molecule has 0 N–H and O–H groups in total. The molecule has 0 aliphatic carbocycles. The van der Waals surface area contributed by atoms with Crippen molar-refractivity contribution in [2.75, 3.05) is 26.2 Å². The highest BCUT2D eigenvalue weighted by Crippen LogP contribution is 2.28.